The van der Waals surface area contributed by atoms with E-state index in [1.165, 1.54) is 11.0 Å². The van der Waals surface area contributed by atoms with Crippen molar-refractivity contribution in [1.82, 2.24) is 4.90 Å². The fourth-order valence-electron chi connectivity index (χ4n) is 1.98. The molecule has 0 unspecified atom stereocenters. The predicted octanol–water partition coefficient (Wildman–Crippen LogP) is 2.12. The van der Waals surface area contributed by atoms with Crippen molar-refractivity contribution in [1.29, 1.82) is 0 Å². The van der Waals surface area contributed by atoms with E-state index in [1.807, 2.05) is 31.2 Å². The molecule has 5 nitrogen and oxygen atoms in total. The van der Waals surface area contributed by atoms with Gasteiger partial charge in [0.15, 0.2) is 0 Å². The van der Waals surface area contributed by atoms with Crippen LogP contribution in [0, 0.1) is 0 Å². The van der Waals surface area contributed by atoms with Crippen LogP contribution in [0.4, 0.5) is 0 Å². The molecule has 0 radical (unpaired) electrons. The number of carbonyl (C=O) groups excluding carboxylic acids is 1. The number of aryl methyl sites for hydroxylation is 1. The summed E-state index contributed by atoms with van der Waals surface area (Å²) in [6, 6.07) is 7.54. The lowest BCUT2D eigenvalue weighted by Gasteiger charge is -2.19. The summed E-state index contributed by atoms with van der Waals surface area (Å²) in [7, 11) is 0. The Morgan fingerprint density at radius 3 is 2.71 bits per heavy atom. The molecule has 1 aromatic carbocycles. The smallest absolute Gasteiger partial charge is 0.323 e. The third kappa shape index (κ3) is 5.69. The molecule has 0 aromatic heterocycles. The maximum Gasteiger partial charge on any atom is 0.323 e. The molecule has 5 heteroatoms. The van der Waals surface area contributed by atoms with E-state index in [0.29, 0.717) is 13.0 Å². The summed E-state index contributed by atoms with van der Waals surface area (Å²) in [5.74, 6) is -0.468. The first-order chi connectivity index (χ1) is 10.1. The number of hydrogen-bond acceptors (Lipinski definition) is 3. The molecule has 0 heterocycles. The number of nitrogens with zero attached hydrogens (tertiary/aromatic N) is 1. The summed E-state index contributed by atoms with van der Waals surface area (Å²) in [5, 5.41) is 8.81. The average Bonchev–Trinajstić information content (AvgIpc) is 2.45. The summed E-state index contributed by atoms with van der Waals surface area (Å²) in [5.41, 5.74) is 0.946. The third-order valence-electron chi connectivity index (χ3n) is 2.91. The zero-order valence-electron chi connectivity index (χ0n) is 12.2. The van der Waals surface area contributed by atoms with Crippen molar-refractivity contribution in [3.05, 3.63) is 42.5 Å². The molecule has 0 aliphatic carbocycles. The number of carboxylic acid groups (broad SMARTS) is 1. The van der Waals surface area contributed by atoms with Crippen molar-refractivity contribution in [3.63, 3.8) is 0 Å². The number of rotatable bonds is 9. The Morgan fingerprint density at radius 2 is 2.10 bits per heavy atom. The summed E-state index contributed by atoms with van der Waals surface area (Å²) >= 11 is 0. The molecule has 1 N–H and O–H groups in total. The predicted molar refractivity (Wildman–Crippen MR) is 80.3 cm³/mol. The topological polar surface area (TPSA) is 66.8 Å². The van der Waals surface area contributed by atoms with Gasteiger partial charge in [0.25, 0.3) is 0 Å². The Kier molecular flexibility index (Phi) is 7.01. The van der Waals surface area contributed by atoms with Gasteiger partial charge in [-0.25, -0.2) is 0 Å². The SMILES string of the molecule is C=CCN(CC(=O)O)C(=O)CCc1ccccc1OCC. The summed E-state index contributed by atoms with van der Waals surface area (Å²) < 4.78 is 5.51. The van der Waals surface area contributed by atoms with Crippen molar-refractivity contribution in [2.24, 2.45) is 0 Å². The highest BCUT2D eigenvalue weighted by Crippen LogP contribution is 2.19. The fraction of sp³-hybridized carbons (Fsp3) is 0.375. The van der Waals surface area contributed by atoms with Gasteiger partial charge in [-0.15, -0.1) is 6.58 Å². The van der Waals surface area contributed by atoms with Gasteiger partial charge in [0.1, 0.15) is 12.3 Å². The third-order valence-corrected chi connectivity index (χ3v) is 2.91. The molecule has 0 aliphatic heterocycles. The van der Waals surface area contributed by atoms with Crippen molar-refractivity contribution >= 4 is 11.9 Å². The second kappa shape index (κ2) is 8.79. The maximum atomic E-state index is 12.1. The number of aliphatic carboxylic acids is 1. The van der Waals surface area contributed by atoms with Gasteiger partial charge in [-0.1, -0.05) is 24.3 Å². The monoisotopic (exact) mass is 291 g/mol. The number of hydrogen-bond donors (Lipinski definition) is 1. The quantitative estimate of drug-likeness (QED) is 0.708. The van der Waals surface area contributed by atoms with Gasteiger partial charge in [0.05, 0.1) is 6.61 Å². The second-order valence-electron chi connectivity index (χ2n) is 4.50. The first kappa shape index (κ1) is 16.8. The van der Waals surface area contributed by atoms with E-state index in [1.54, 1.807) is 0 Å². The van der Waals surface area contributed by atoms with Crippen molar-refractivity contribution in [2.75, 3.05) is 19.7 Å². The van der Waals surface area contributed by atoms with Gasteiger partial charge in [-0.2, -0.15) is 0 Å². The van der Waals surface area contributed by atoms with Crippen LogP contribution in [0.1, 0.15) is 18.9 Å². The highest BCUT2D eigenvalue weighted by molar-refractivity contribution is 5.81. The van der Waals surface area contributed by atoms with Crippen molar-refractivity contribution in [3.8, 4) is 5.75 Å². The van der Waals surface area contributed by atoms with Gasteiger partial charge in [-0.3, -0.25) is 9.59 Å². The standard InChI is InChI=1S/C16H21NO4/c1-3-11-17(12-16(19)20)15(18)10-9-13-7-5-6-8-14(13)21-4-2/h3,5-8H,1,4,9-12H2,2H3,(H,19,20). The van der Waals surface area contributed by atoms with Crippen LogP contribution in [-0.2, 0) is 16.0 Å². The Balaban J connectivity index is 2.66. The molecule has 0 saturated carbocycles. The number of carbonyl (C=O) groups is 2. The lowest BCUT2D eigenvalue weighted by Crippen LogP contribution is -2.35. The van der Waals surface area contributed by atoms with Gasteiger partial charge in [0, 0.05) is 13.0 Å². The average molecular weight is 291 g/mol. The number of amides is 1. The molecular weight excluding hydrogens is 270 g/mol. The molecule has 0 atom stereocenters. The molecule has 1 amide bonds. The molecule has 114 valence electrons. The minimum Gasteiger partial charge on any atom is -0.494 e. The van der Waals surface area contributed by atoms with Crippen molar-refractivity contribution in [2.45, 2.75) is 19.8 Å². The Morgan fingerprint density at radius 1 is 1.38 bits per heavy atom. The maximum absolute atomic E-state index is 12.1. The van der Waals surface area contributed by atoms with Crippen LogP contribution in [-0.4, -0.2) is 41.6 Å². The number of benzene rings is 1. The van der Waals surface area contributed by atoms with E-state index in [0.717, 1.165) is 11.3 Å². The normalized spacial score (nSPS) is 9.95. The van der Waals surface area contributed by atoms with Crippen LogP contribution in [0.25, 0.3) is 0 Å². The summed E-state index contributed by atoms with van der Waals surface area (Å²) in [4.78, 5) is 24.1. The second-order valence-corrected chi connectivity index (χ2v) is 4.50. The van der Waals surface area contributed by atoms with Crippen LogP contribution >= 0.6 is 0 Å². The molecule has 0 fully saturated rings. The molecule has 0 bridgehead atoms. The number of carboxylic acids is 1. The van der Waals surface area contributed by atoms with Crippen molar-refractivity contribution < 1.29 is 19.4 Å². The Bertz CT molecular complexity index is 499. The van der Waals surface area contributed by atoms with Gasteiger partial charge in [0.2, 0.25) is 5.91 Å². The van der Waals surface area contributed by atoms with E-state index < -0.39 is 5.97 Å². The number of para-hydroxylation sites is 1. The zero-order chi connectivity index (χ0) is 15.7. The van der Waals surface area contributed by atoms with Gasteiger partial charge in [-0.05, 0) is 25.0 Å². The molecular formula is C16H21NO4. The summed E-state index contributed by atoms with van der Waals surface area (Å²) in [6.07, 6.45) is 2.28. The van der Waals surface area contributed by atoms with Crippen LogP contribution in [0.2, 0.25) is 0 Å². The molecule has 0 aliphatic rings. The molecule has 1 rings (SSSR count). The van der Waals surface area contributed by atoms with E-state index in [2.05, 4.69) is 6.58 Å². The van der Waals surface area contributed by atoms with Gasteiger partial charge < -0.3 is 14.7 Å². The van der Waals surface area contributed by atoms with Crippen LogP contribution < -0.4 is 4.74 Å². The highest BCUT2D eigenvalue weighted by atomic mass is 16.5. The fourth-order valence-corrected chi connectivity index (χ4v) is 1.98. The van der Waals surface area contributed by atoms with E-state index in [9.17, 15) is 9.59 Å². The van der Waals surface area contributed by atoms with E-state index in [4.69, 9.17) is 9.84 Å². The Labute approximate surface area is 124 Å². The van der Waals surface area contributed by atoms with E-state index >= 15 is 0 Å². The minimum absolute atomic E-state index is 0.205. The first-order valence-electron chi connectivity index (χ1n) is 6.89. The Hall–Kier alpha value is -2.30. The molecule has 1 aromatic rings. The largest absolute Gasteiger partial charge is 0.494 e. The van der Waals surface area contributed by atoms with E-state index in [-0.39, 0.29) is 25.4 Å². The van der Waals surface area contributed by atoms with Crippen LogP contribution in [0.15, 0.2) is 36.9 Å². The molecule has 21 heavy (non-hydrogen) atoms. The minimum atomic E-state index is -1.03. The first-order valence-corrected chi connectivity index (χ1v) is 6.89. The lowest BCUT2D eigenvalue weighted by molar-refractivity contribution is -0.144. The summed E-state index contributed by atoms with van der Waals surface area (Å²) in [6.45, 7) is 5.93. The highest BCUT2D eigenvalue weighted by Gasteiger charge is 2.16. The molecule has 0 saturated heterocycles. The zero-order valence-corrected chi connectivity index (χ0v) is 12.2. The van der Waals surface area contributed by atoms with Gasteiger partial charge >= 0.3 is 5.97 Å². The lowest BCUT2D eigenvalue weighted by atomic mass is 10.1. The number of ether oxygens (including phenoxy) is 1. The molecule has 0 spiro atoms. The van der Waals surface area contributed by atoms with Crippen LogP contribution in [0.3, 0.4) is 0 Å². The van der Waals surface area contributed by atoms with Crippen LogP contribution in [0.5, 0.6) is 5.75 Å².